The van der Waals surface area contributed by atoms with Gasteiger partial charge in [0.15, 0.2) is 5.82 Å². The maximum atomic E-state index is 13.2. The normalized spacial score (nSPS) is 16.3. The Labute approximate surface area is 197 Å². The number of imidazole rings is 1. The third-order valence-corrected chi connectivity index (χ3v) is 6.77. The van der Waals surface area contributed by atoms with Gasteiger partial charge in [-0.25, -0.2) is 9.78 Å². The Bertz CT molecular complexity index is 1420. The minimum Gasteiger partial charge on any atom is -0.465 e. The van der Waals surface area contributed by atoms with Gasteiger partial charge in [0.2, 0.25) is 0 Å². The van der Waals surface area contributed by atoms with Crippen molar-refractivity contribution in [1.29, 1.82) is 0 Å². The first-order valence-corrected chi connectivity index (χ1v) is 11.7. The van der Waals surface area contributed by atoms with Gasteiger partial charge in [-0.1, -0.05) is 11.6 Å². The lowest BCUT2D eigenvalue weighted by Crippen LogP contribution is -2.49. The number of carbonyl (C=O) groups is 2. The minimum atomic E-state index is -1.05. The second kappa shape index (κ2) is 8.52. The van der Waals surface area contributed by atoms with E-state index in [0.717, 1.165) is 41.9 Å². The molecule has 1 aliphatic heterocycles. The van der Waals surface area contributed by atoms with Crippen molar-refractivity contribution in [3.8, 4) is 11.5 Å². The van der Waals surface area contributed by atoms with Crippen LogP contribution >= 0.6 is 0 Å². The number of nitrogens with one attached hydrogen (secondary N) is 1. The SMILES string of the molecule is CCn1c(-c2nc3cc(C(=O)N4CCCC(NC(=O)O)C4)ccc3n2C)cc2cc(C)ccc21. The van der Waals surface area contributed by atoms with Gasteiger partial charge < -0.3 is 24.5 Å². The molecular formula is C26H29N5O3. The molecule has 2 amide bonds. The summed E-state index contributed by atoms with van der Waals surface area (Å²) in [5.41, 5.74) is 5.75. The second-order valence-corrected chi connectivity index (χ2v) is 9.07. The second-order valence-electron chi connectivity index (χ2n) is 9.07. The first kappa shape index (κ1) is 22.0. The van der Waals surface area contributed by atoms with Crippen LogP contribution < -0.4 is 5.32 Å². The lowest BCUT2D eigenvalue weighted by Gasteiger charge is -2.32. The number of carboxylic acid groups (broad SMARTS) is 1. The van der Waals surface area contributed by atoms with Crippen molar-refractivity contribution < 1.29 is 14.7 Å². The van der Waals surface area contributed by atoms with Crippen LogP contribution in [0.4, 0.5) is 4.79 Å². The molecular weight excluding hydrogens is 430 g/mol. The maximum Gasteiger partial charge on any atom is 0.404 e. The molecule has 3 heterocycles. The van der Waals surface area contributed by atoms with Gasteiger partial charge in [0.1, 0.15) is 0 Å². The molecule has 1 atom stereocenters. The van der Waals surface area contributed by atoms with Crippen LogP contribution in [0.25, 0.3) is 33.5 Å². The number of amides is 2. The first-order valence-electron chi connectivity index (χ1n) is 11.7. The van der Waals surface area contributed by atoms with Crippen molar-refractivity contribution in [3.05, 3.63) is 53.6 Å². The van der Waals surface area contributed by atoms with Crippen LogP contribution in [0.1, 0.15) is 35.7 Å². The highest BCUT2D eigenvalue weighted by Gasteiger charge is 2.26. The lowest BCUT2D eigenvalue weighted by molar-refractivity contribution is 0.0692. The quantitative estimate of drug-likeness (QED) is 0.473. The number of nitrogens with zero attached hydrogens (tertiary/aromatic N) is 4. The lowest BCUT2D eigenvalue weighted by atomic mass is 10.0. The van der Waals surface area contributed by atoms with E-state index in [1.807, 2.05) is 25.2 Å². The van der Waals surface area contributed by atoms with E-state index in [0.29, 0.717) is 18.7 Å². The van der Waals surface area contributed by atoms with E-state index in [-0.39, 0.29) is 11.9 Å². The molecule has 1 aliphatic rings. The van der Waals surface area contributed by atoms with Gasteiger partial charge in [-0.05, 0) is 63.1 Å². The largest absolute Gasteiger partial charge is 0.465 e. The Kier molecular flexibility index (Phi) is 5.51. The summed E-state index contributed by atoms with van der Waals surface area (Å²) in [7, 11) is 2.00. The van der Waals surface area contributed by atoms with Crippen LogP contribution in [0.3, 0.4) is 0 Å². The van der Waals surface area contributed by atoms with Crippen molar-refractivity contribution >= 4 is 33.9 Å². The van der Waals surface area contributed by atoms with Crippen LogP contribution in [-0.4, -0.2) is 55.3 Å². The summed E-state index contributed by atoms with van der Waals surface area (Å²) in [6, 6.07) is 14.0. The van der Waals surface area contributed by atoms with Gasteiger partial charge in [0.05, 0.1) is 16.7 Å². The zero-order valence-corrected chi connectivity index (χ0v) is 19.7. The molecule has 1 saturated heterocycles. The molecule has 4 aromatic rings. The Morgan fingerprint density at radius 2 is 1.94 bits per heavy atom. The Morgan fingerprint density at radius 1 is 1.15 bits per heavy atom. The number of piperidine rings is 1. The van der Waals surface area contributed by atoms with Crippen molar-refractivity contribution in [2.24, 2.45) is 7.05 Å². The van der Waals surface area contributed by atoms with Crippen molar-refractivity contribution in [2.45, 2.75) is 39.3 Å². The number of rotatable bonds is 4. The van der Waals surface area contributed by atoms with E-state index in [1.165, 1.54) is 16.5 Å². The van der Waals surface area contributed by atoms with Gasteiger partial charge >= 0.3 is 6.09 Å². The van der Waals surface area contributed by atoms with Gasteiger partial charge in [-0.15, -0.1) is 0 Å². The standard InChI is InChI=1S/C26H29N5O3/c1-4-31-21-9-7-16(2)12-18(21)14-23(31)24-28-20-13-17(8-10-22(20)29(24)3)25(32)30-11-5-6-19(15-30)27-26(33)34/h7-10,12-14,19,27H,4-6,11,15H2,1-3H3,(H,33,34). The van der Waals surface area contributed by atoms with Gasteiger partial charge in [-0.2, -0.15) is 0 Å². The molecule has 34 heavy (non-hydrogen) atoms. The van der Waals surface area contributed by atoms with Crippen LogP contribution in [0.2, 0.25) is 0 Å². The fourth-order valence-electron chi connectivity index (χ4n) is 5.11. The molecule has 2 aromatic carbocycles. The summed E-state index contributed by atoms with van der Waals surface area (Å²) >= 11 is 0. The fourth-order valence-corrected chi connectivity index (χ4v) is 5.11. The number of hydrogen-bond acceptors (Lipinski definition) is 3. The third-order valence-electron chi connectivity index (χ3n) is 6.77. The van der Waals surface area contributed by atoms with E-state index >= 15 is 0 Å². The topological polar surface area (TPSA) is 92.4 Å². The summed E-state index contributed by atoms with van der Waals surface area (Å²) in [5.74, 6) is 0.767. The molecule has 0 saturated carbocycles. The van der Waals surface area contributed by atoms with Crippen LogP contribution in [-0.2, 0) is 13.6 Å². The van der Waals surface area contributed by atoms with Crippen LogP contribution in [0.15, 0.2) is 42.5 Å². The molecule has 0 bridgehead atoms. The van der Waals surface area contributed by atoms with E-state index < -0.39 is 6.09 Å². The average Bonchev–Trinajstić information content (AvgIpc) is 3.34. The number of fused-ring (bicyclic) bond motifs is 2. The molecule has 0 aliphatic carbocycles. The molecule has 0 spiro atoms. The van der Waals surface area contributed by atoms with Crippen molar-refractivity contribution in [2.75, 3.05) is 13.1 Å². The molecule has 0 radical (unpaired) electrons. The highest BCUT2D eigenvalue weighted by Crippen LogP contribution is 2.31. The summed E-state index contributed by atoms with van der Waals surface area (Å²) in [5, 5.41) is 12.7. The number of aryl methyl sites for hydroxylation is 3. The van der Waals surface area contributed by atoms with Crippen molar-refractivity contribution in [3.63, 3.8) is 0 Å². The summed E-state index contributed by atoms with van der Waals surface area (Å²) < 4.78 is 4.34. The molecule has 1 fully saturated rings. The summed E-state index contributed by atoms with van der Waals surface area (Å²) in [6.45, 7) is 6.06. The fraction of sp³-hybridized carbons (Fsp3) is 0.346. The van der Waals surface area contributed by atoms with Crippen LogP contribution in [0, 0.1) is 6.92 Å². The Hall–Kier alpha value is -3.81. The molecule has 1 unspecified atom stereocenters. The number of carbonyl (C=O) groups excluding carboxylic acids is 1. The van der Waals surface area contributed by atoms with Gasteiger partial charge in [0.25, 0.3) is 5.91 Å². The minimum absolute atomic E-state index is 0.0934. The third kappa shape index (κ3) is 3.79. The predicted octanol–water partition coefficient (Wildman–Crippen LogP) is 4.40. The molecule has 5 rings (SSSR count). The monoisotopic (exact) mass is 459 g/mol. The molecule has 2 aromatic heterocycles. The molecule has 176 valence electrons. The zero-order valence-electron chi connectivity index (χ0n) is 19.7. The average molecular weight is 460 g/mol. The van der Waals surface area contributed by atoms with E-state index in [2.05, 4.69) is 52.6 Å². The number of likely N-dealkylation sites (tertiary alicyclic amines) is 1. The number of benzene rings is 2. The van der Waals surface area contributed by atoms with Gasteiger partial charge in [-0.3, -0.25) is 4.79 Å². The van der Waals surface area contributed by atoms with E-state index in [9.17, 15) is 9.59 Å². The van der Waals surface area contributed by atoms with E-state index in [4.69, 9.17) is 10.1 Å². The number of hydrogen-bond donors (Lipinski definition) is 2. The smallest absolute Gasteiger partial charge is 0.404 e. The predicted molar refractivity (Wildman–Crippen MR) is 132 cm³/mol. The van der Waals surface area contributed by atoms with Crippen LogP contribution in [0.5, 0.6) is 0 Å². The highest BCUT2D eigenvalue weighted by molar-refractivity contribution is 5.98. The Balaban J connectivity index is 1.50. The Morgan fingerprint density at radius 3 is 2.71 bits per heavy atom. The molecule has 2 N–H and O–H groups in total. The van der Waals surface area contributed by atoms with Crippen molar-refractivity contribution in [1.82, 2.24) is 24.3 Å². The number of aromatic nitrogens is 3. The summed E-state index contributed by atoms with van der Waals surface area (Å²) in [4.78, 5) is 30.9. The maximum absolute atomic E-state index is 13.2. The van der Waals surface area contributed by atoms with Gasteiger partial charge in [0, 0.05) is 49.2 Å². The summed E-state index contributed by atoms with van der Waals surface area (Å²) in [6.07, 6.45) is 0.457. The first-order chi connectivity index (χ1) is 16.4. The zero-order chi connectivity index (χ0) is 24.0. The molecule has 8 nitrogen and oxygen atoms in total. The van der Waals surface area contributed by atoms with E-state index in [1.54, 1.807) is 4.90 Å². The molecule has 8 heteroatoms. The highest BCUT2D eigenvalue weighted by atomic mass is 16.4.